The van der Waals surface area contributed by atoms with Crippen molar-refractivity contribution in [3.05, 3.63) is 11.6 Å². The summed E-state index contributed by atoms with van der Waals surface area (Å²) >= 11 is 0. The van der Waals surface area contributed by atoms with E-state index < -0.39 is 45.0 Å². The zero-order valence-corrected chi connectivity index (χ0v) is 45.0. The number of carbonyl (C=O) groups is 3. The van der Waals surface area contributed by atoms with E-state index in [9.17, 15) is 23.8 Å². The third kappa shape index (κ3) is 19.4. The second kappa shape index (κ2) is 28.3. The zero-order chi connectivity index (χ0) is 49.1. The highest BCUT2D eigenvalue weighted by Gasteiger charge is 2.59. The fourth-order valence-electron chi connectivity index (χ4n) is 12.7. The van der Waals surface area contributed by atoms with E-state index in [4.69, 9.17) is 23.3 Å². The first-order chi connectivity index (χ1) is 31.8. The number of quaternary nitrogens is 1. The maximum Gasteiger partial charge on any atom is 0.306 e. The number of phosphoric acid groups is 1. The zero-order valence-electron chi connectivity index (χ0n) is 44.1. The first-order valence-corrected chi connectivity index (χ1v) is 28.9. The number of unbranched alkanes of at least 4 members (excludes halogenated alkanes) is 12. The lowest BCUT2D eigenvalue weighted by Crippen LogP contribution is -2.51. The van der Waals surface area contributed by atoms with Crippen molar-refractivity contribution in [3.8, 4) is 0 Å². The Kier molecular flexibility index (Phi) is 24.4. The number of ether oxygens (including phenoxy) is 3. The molecule has 0 aliphatic heterocycles. The van der Waals surface area contributed by atoms with Gasteiger partial charge in [0.25, 0.3) is 7.82 Å². The predicted octanol–water partition coefficient (Wildman–Crippen LogP) is 12.9. The monoisotopic (exact) mass is 964 g/mol. The normalized spacial score (nSPS) is 27.8. The summed E-state index contributed by atoms with van der Waals surface area (Å²) in [5.41, 5.74) is 2.04. The molecule has 3 saturated carbocycles. The number of allylic oxidation sites excluding steroid dienone is 1. The van der Waals surface area contributed by atoms with Crippen LogP contribution >= 0.6 is 7.82 Å². The SMILES string of the molecule is CCCCCCCCCCCCCCCC(=O)OC(COC(=O)CCC(=O)OC1CC[C@]2(C)C(=CC[C@@H]3[C@H]4CC[C@@H]([C@@H](C)CCCC(C)C)[C@]4(C)CC[C@H]32)C1)COP(=O)([O-])OCC[N+](C)(C)C. The van der Waals surface area contributed by atoms with Crippen LogP contribution in [0, 0.1) is 46.3 Å². The molecule has 0 aromatic rings. The van der Waals surface area contributed by atoms with Gasteiger partial charge in [-0.2, -0.15) is 0 Å². The molecule has 0 saturated heterocycles. The Morgan fingerprint density at radius 2 is 1.39 bits per heavy atom. The molecule has 10 atom stereocenters. The Balaban J connectivity index is 1.19. The number of esters is 3. The highest BCUT2D eigenvalue weighted by atomic mass is 31.2. The first-order valence-electron chi connectivity index (χ1n) is 27.4. The number of phosphoric ester groups is 1. The summed E-state index contributed by atoms with van der Waals surface area (Å²) in [6, 6.07) is 0. The van der Waals surface area contributed by atoms with Crippen molar-refractivity contribution in [2.45, 2.75) is 227 Å². The summed E-state index contributed by atoms with van der Waals surface area (Å²) in [4.78, 5) is 51.4. The molecule has 4 aliphatic rings. The van der Waals surface area contributed by atoms with Gasteiger partial charge in [-0.1, -0.05) is 150 Å². The summed E-state index contributed by atoms with van der Waals surface area (Å²) in [6.45, 7) is 14.0. The van der Waals surface area contributed by atoms with Crippen molar-refractivity contribution in [3.63, 3.8) is 0 Å². The van der Waals surface area contributed by atoms with Gasteiger partial charge in [0, 0.05) is 12.8 Å². The van der Waals surface area contributed by atoms with Crippen LogP contribution in [0.3, 0.4) is 0 Å². The molecule has 11 nitrogen and oxygen atoms in total. The molecule has 0 spiro atoms. The van der Waals surface area contributed by atoms with Crippen LogP contribution in [0.1, 0.15) is 215 Å². The first kappa shape index (κ1) is 57.8. The molecule has 0 aromatic carbocycles. The molecule has 4 aliphatic carbocycles. The lowest BCUT2D eigenvalue weighted by Gasteiger charge is -2.58. The quantitative estimate of drug-likeness (QED) is 0.0156. The Morgan fingerprint density at radius 3 is 2.03 bits per heavy atom. The van der Waals surface area contributed by atoms with Gasteiger partial charge in [-0.05, 0) is 97.7 Å². The van der Waals surface area contributed by atoms with Crippen LogP contribution in [0.25, 0.3) is 0 Å². The van der Waals surface area contributed by atoms with Crippen LogP contribution < -0.4 is 4.89 Å². The second-order valence-electron chi connectivity index (χ2n) is 23.5. The van der Waals surface area contributed by atoms with Gasteiger partial charge in [0.2, 0.25) is 0 Å². The number of nitrogens with zero attached hydrogens (tertiary/aromatic N) is 1. The highest BCUT2D eigenvalue weighted by Crippen LogP contribution is 2.67. The molecule has 0 aromatic heterocycles. The minimum absolute atomic E-state index is 0.0731. The van der Waals surface area contributed by atoms with E-state index in [0.717, 1.165) is 74.5 Å². The number of hydrogen-bond acceptors (Lipinski definition) is 10. The molecule has 0 N–H and O–H groups in total. The highest BCUT2D eigenvalue weighted by molar-refractivity contribution is 7.45. The Labute approximate surface area is 408 Å². The van der Waals surface area contributed by atoms with Crippen LogP contribution in [0.15, 0.2) is 11.6 Å². The van der Waals surface area contributed by atoms with Gasteiger partial charge in [0.1, 0.15) is 25.9 Å². The summed E-state index contributed by atoms with van der Waals surface area (Å²) in [5.74, 6) is 3.00. The van der Waals surface area contributed by atoms with Crippen LogP contribution in [-0.2, 0) is 42.2 Å². The van der Waals surface area contributed by atoms with E-state index in [0.29, 0.717) is 28.8 Å². The summed E-state index contributed by atoms with van der Waals surface area (Å²) < 4.78 is 40.2. The van der Waals surface area contributed by atoms with Crippen molar-refractivity contribution in [2.24, 2.45) is 46.3 Å². The molecule has 0 bridgehead atoms. The number of carbonyl (C=O) groups excluding carboxylic acids is 3. The van der Waals surface area contributed by atoms with Crippen molar-refractivity contribution in [1.29, 1.82) is 0 Å². The van der Waals surface area contributed by atoms with E-state index >= 15 is 0 Å². The third-order valence-electron chi connectivity index (χ3n) is 16.7. The number of fused-ring (bicyclic) bond motifs is 5. The average molecular weight is 964 g/mol. The second-order valence-corrected chi connectivity index (χ2v) is 24.9. The number of rotatable bonds is 33. The molecule has 0 amide bonds. The topological polar surface area (TPSA) is 137 Å². The molecule has 67 heavy (non-hydrogen) atoms. The van der Waals surface area contributed by atoms with Crippen molar-refractivity contribution < 1.29 is 51.6 Å². The number of hydrogen-bond donors (Lipinski definition) is 0. The van der Waals surface area contributed by atoms with Crippen molar-refractivity contribution >= 4 is 25.7 Å². The fraction of sp³-hybridized carbons (Fsp3) is 0.909. The molecule has 0 radical (unpaired) electrons. The minimum atomic E-state index is -4.71. The molecule has 4 rings (SSSR count). The molecule has 12 heteroatoms. The van der Waals surface area contributed by atoms with E-state index in [1.54, 1.807) is 0 Å². The van der Waals surface area contributed by atoms with Gasteiger partial charge < -0.3 is 32.6 Å². The van der Waals surface area contributed by atoms with Crippen LogP contribution in [0.5, 0.6) is 0 Å². The molecular formula is C55H98NO10P. The van der Waals surface area contributed by atoms with Gasteiger partial charge in [0.05, 0.1) is 40.6 Å². The van der Waals surface area contributed by atoms with Crippen LogP contribution in [0.2, 0.25) is 0 Å². The maximum absolute atomic E-state index is 13.1. The molecule has 0 heterocycles. The van der Waals surface area contributed by atoms with E-state index in [1.165, 1.54) is 108 Å². The lowest BCUT2D eigenvalue weighted by molar-refractivity contribution is -0.870. The lowest BCUT2D eigenvalue weighted by atomic mass is 9.47. The average Bonchev–Trinajstić information content (AvgIpc) is 3.62. The number of likely N-dealkylation sites (N-methyl/N-ethyl adjacent to an activating group) is 1. The third-order valence-corrected chi connectivity index (χ3v) is 17.7. The summed E-state index contributed by atoms with van der Waals surface area (Å²) in [7, 11) is 1.03. The fourth-order valence-corrected chi connectivity index (χ4v) is 13.5. The summed E-state index contributed by atoms with van der Waals surface area (Å²) in [6.07, 6.45) is 29.5. The van der Waals surface area contributed by atoms with Gasteiger partial charge >= 0.3 is 17.9 Å². The standard InChI is InChI=1S/C55H98NO10P/c1-10-11-12-13-14-15-16-17-18-19-20-21-22-26-52(58)66-46(41-64-67(60,61)63-38-37-56(7,8)9)40-62-51(57)31-32-53(59)65-45-33-35-54(5)44(39-45)27-28-47-49-30-29-48(43(4)25-23-24-42(2)3)55(49,6)36-34-50(47)54/h27,42-43,45-50H,10-26,28-41H2,1-9H3/t43-,45?,46?,47+,48-,49+,50+,54+,55-/m0/s1. The van der Waals surface area contributed by atoms with E-state index in [-0.39, 0.29) is 37.4 Å². The Hall–Kier alpha value is -1.78. The van der Waals surface area contributed by atoms with Gasteiger partial charge in [-0.15, -0.1) is 0 Å². The van der Waals surface area contributed by atoms with E-state index in [2.05, 4.69) is 47.6 Å². The van der Waals surface area contributed by atoms with Gasteiger partial charge in [-0.25, -0.2) is 0 Å². The van der Waals surface area contributed by atoms with Gasteiger partial charge in [-0.3, -0.25) is 18.9 Å². The molecule has 3 unspecified atom stereocenters. The smallest absolute Gasteiger partial charge is 0.306 e. The Morgan fingerprint density at radius 1 is 0.746 bits per heavy atom. The van der Waals surface area contributed by atoms with Crippen molar-refractivity contribution in [2.75, 3.05) is 47.5 Å². The maximum atomic E-state index is 13.1. The van der Waals surface area contributed by atoms with Crippen LogP contribution in [0.4, 0.5) is 0 Å². The largest absolute Gasteiger partial charge is 0.756 e. The van der Waals surface area contributed by atoms with Crippen LogP contribution in [-0.4, -0.2) is 82.1 Å². The predicted molar refractivity (Wildman–Crippen MR) is 266 cm³/mol. The molecule has 388 valence electrons. The minimum Gasteiger partial charge on any atom is -0.756 e. The molecule has 3 fully saturated rings. The van der Waals surface area contributed by atoms with E-state index in [1.807, 2.05) is 21.1 Å². The van der Waals surface area contributed by atoms with Gasteiger partial charge in [0.15, 0.2) is 6.10 Å². The van der Waals surface area contributed by atoms with Crippen molar-refractivity contribution in [1.82, 2.24) is 0 Å². The summed E-state index contributed by atoms with van der Waals surface area (Å²) in [5, 5.41) is 0. The Bertz CT molecular complexity index is 1580. The molecular weight excluding hydrogens is 866 g/mol.